The minimum atomic E-state index is -0.936. The zero-order valence-electron chi connectivity index (χ0n) is 10.4. The number of amides is 1. The summed E-state index contributed by atoms with van der Waals surface area (Å²) in [5.74, 6) is -1.09. The lowest BCUT2D eigenvalue weighted by Crippen LogP contribution is -2.26. The molecule has 0 spiro atoms. The molecule has 6 heteroatoms. The molecule has 1 aromatic rings. The van der Waals surface area contributed by atoms with Gasteiger partial charge in [0, 0.05) is 30.1 Å². The Kier molecular flexibility index (Phi) is 3.95. The fourth-order valence-electron chi connectivity index (χ4n) is 2.17. The van der Waals surface area contributed by atoms with Crippen LogP contribution >= 0.6 is 11.6 Å². The number of carbonyl (C=O) groups excluding carboxylic acids is 1. The smallest absolute Gasteiger partial charge is 0.308 e. The second-order valence-corrected chi connectivity index (χ2v) is 4.91. The van der Waals surface area contributed by atoms with Crippen LogP contribution in [0.1, 0.15) is 12.0 Å². The molecule has 2 rings (SSSR count). The van der Waals surface area contributed by atoms with Gasteiger partial charge in [-0.2, -0.15) is 0 Å². The lowest BCUT2D eigenvalue weighted by Gasteiger charge is -2.18. The van der Waals surface area contributed by atoms with Gasteiger partial charge in [0.2, 0.25) is 5.91 Å². The van der Waals surface area contributed by atoms with Crippen LogP contribution in [-0.2, 0) is 16.1 Å². The van der Waals surface area contributed by atoms with Gasteiger partial charge in [-0.1, -0.05) is 11.6 Å². The van der Waals surface area contributed by atoms with Crippen molar-refractivity contribution in [2.45, 2.75) is 13.0 Å². The summed E-state index contributed by atoms with van der Waals surface area (Å²) in [5.41, 5.74) is 0.773. The van der Waals surface area contributed by atoms with Crippen molar-refractivity contribution in [2.24, 2.45) is 5.92 Å². The molecule has 1 saturated heterocycles. The molecule has 19 heavy (non-hydrogen) atoms. The number of hydrogen-bond acceptors (Lipinski definition) is 3. The summed E-state index contributed by atoms with van der Waals surface area (Å²) in [6, 6.07) is 5.16. The molecule has 1 aliphatic rings. The number of methoxy groups -OCH3 is 1. The quantitative estimate of drug-likeness (QED) is 0.915. The zero-order valence-corrected chi connectivity index (χ0v) is 11.2. The van der Waals surface area contributed by atoms with E-state index < -0.39 is 11.9 Å². The van der Waals surface area contributed by atoms with Crippen molar-refractivity contribution in [3.63, 3.8) is 0 Å². The number of hydrogen-bond donors (Lipinski definition) is 1. The minimum absolute atomic E-state index is 0.0538. The fourth-order valence-corrected chi connectivity index (χ4v) is 2.36. The Balaban J connectivity index is 2.15. The van der Waals surface area contributed by atoms with Crippen LogP contribution in [0.25, 0.3) is 0 Å². The van der Waals surface area contributed by atoms with Gasteiger partial charge in [0.05, 0.1) is 13.0 Å². The number of carboxylic acids is 1. The number of carboxylic acid groups (broad SMARTS) is 1. The molecule has 1 unspecified atom stereocenters. The molecule has 1 atom stereocenters. The third-order valence-corrected chi connectivity index (χ3v) is 3.40. The van der Waals surface area contributed by atoms with Gasteiger partial charge in [0.15, 0.2) is 0 Å². The monoisotopic (exact) mass is 283 g/mol. The summed E-state index contributed by atoms with van der Waals surface area (Å²) in [7, 11) is 1.54. The highest BCUT2D eigenvalue weighted by molar-refractivity contribution is 6.30. The highest BCUT2D eigenvalue weighted by atomic mass is 35.5. The highest BCUT2D eigenvalue weighted by Gasteiger charge is 2.34. The minimum Gasteiger partial charge on any atom is -0.496 e. The Hall–Kier alpha value is -1.75. The summed E-state index contributed by atoms with van der Waals surface area (Å²) in [4.78, 5) is 24.2. The van der Waals surface area contributed by atoms with Crippen LogP contribution in [-0.4, -0.2) is 35.5 Å². The molecule has 1 N–H and O–H groups in total. The van der Waals surface area contributed by atoms with E-state index in [1.807, 2.05) is 0 Å². The molecule has 0 saturated carbocycles. The maximum atomic E-state index is 11.8. The summed E-state index contributed by atoms with van der Waals surface area (Å²) in [6.07, 6.45) is 0.0538. The third kappa shape index (κ3) is 2.98. The second-order valence-electron chi connectivity index (χ2n) is 4.47. The molecule has 102 valence electrons. The first-order chi connectivity index (χ1) is 9.01. The Labute approximate surface area is 115 Å². The van der Waals surface area contributed by atoms with Crippen LogP contribution in [0.15, 0.2) is 18.2 Å². The standard InChI is InChI=1S/C13H14ClNO4/c1-19-11-3-2-10(14)4-8(11)6-15-7-9(13(17)18)5-12(15)16/h2-4,9H,5-7H2,1H3,(H,17,18). The van der Waals surface area contributed by atoms with Gasteiger partial charge in [0.1, 0.15) is 5.75 Å². The fraction of sp³-hybridized carbons (Fsp3) is 0.385. The summed E-state index contributed by atoms with van der Waals surface area (Å²) < 4.78 is 5.21. The second kappa shape index (κ2) is 5.48. The molecule has 5 nitrogen and oxygen atoms in total. The van der Waals surface area contributed by atoms with Crippen LogP contribution in [0, 0.1) is 5.92 Å². The van der Waals surface area contributed by atoms with E-state index in [0.717, 1.165) is 5.56 Å². The lowest BCUT2D eigenvalue weighted by molar-refractivity contribution is -0.141. The number of rotatable bonds is 4. The van der Waals surface area contributed by atoms with E-state index >= 15 is 0 Å². The van der Waals surface area contributed by atoms with E-state index in [2.05, 4.69) is 0 Å². The van der Waals surface area contributed by atoms with E-state index in [4.69, 9.17) is 21.4 Å². The SMILES string of the molecule is COc1ccc(Cl)cc1CN1CC(C(=O)O)CC1=O. The van der Waals surface area contributed by atoms with Crippen molar-refractivity contribution in [1.29, 1.82) is 0 Å². The molecular weight excluding hydrogens is 270 g/mol. The summed E-state index contributed by atoms with van der Waals surface area (Å²) >= 11 is 5.92. The highest BCUT2D eigenvalue weighted by Crippen LogP contribution is 2.27. The van der Waals surface area contributed by atoms with Crippen LogP contribution in [0.4, 0.5) is 0 Å². The first kappa shape index (κ1) is 13.7. The number of halogens is 1. The Morgan fingerprint density at radius 1 is 1.58 bits per heavy atom. The Morgan fingerprint density at radius 3 is 2.89 bits per heavy atom. The predicted molar refractivity (Wildman–Crippen MR) is 69.2 cm³/mol. The van der Waals surface area contributed by atoms with E-state index in [9.17, 15) is 9.59 Å². The number of benzene rings is 1. The van der Waals surface area contributed by atoms with Gasteiger partial charge in [-0.3, -0.25) is 9.59 Å². The molecule has 0 bridgehead atoms. The van der Waals surface area contributed by atoms with Gasteiger partial charge >= 0.3 is 5.97 Å². The van der Waals surface area contributed by atoms with Gasteiger partial charge in [-0.05, 0) is 18.2 Å². The van der Waals surface area contributed by atoms with Crippen LogP contribution in [0.3, 0.4) is 0 Å². The van der Waals surface area contributed by atoms with Crippen molar-refractivity contribution in [2.75, 3.05) is 13.7 Å². The molecule has 1 aliphatic heterocycles. The van der Waals surface area contributed by atoms with Gasteiger partial charge < -0.3 is 14.7 Å². The maximum absolute atomic E-state index is 11.8. The molecule has 1 aromatic carbocycles. The lowest BCUT2D eigenvalue weighted by atomic mass is 10.1. The van der Waals surface area contributed by atoms with Crippen molar-refractivity contribution in [1.82, 2.24) is 4.90 Å². The number of likely N-dealkylation sites (tertiary alicyclic amines) is 1. The normalized spacial score (nSPS) is 18.7. The van der Waals surface area contributed by atoms with Crippen LogP contribution in [0.2, 0.25) is 5.02 Å². The molecule has 1 fully saturated rings. The number of aliphatic carboxylic acids is 1. The van der Waals surface area contributed by atoms with Gasteiger partial charge in [-0.15, -0.1) is 0 Å². The van der Waals surface area contributed by atoms with Gasteiger partial charge in [0.25, 0.3) is 0 Å². The van der Waals surface area contributed by atoms with Crippen molar-refractivity contribution >= 4 is 23.5 Å². The topological polar surface area (TPSA) is 66.8 Å². The third-order valence-electron chi connectivity index (χ3n) is 3.17. The zero-order chi connectivity index (χ0) is 14.0. The molecular formula is C13H14ClNO4. The molecule has 0 radical (unpaired) electrons. The van der Waals surface area contributed by atoms with Crippen LogP contribution in [0.5, 0.6) is 5.75 Å². The van der Waals surface area contributed by atoms with E-state index in [1.165, 1.54) is 4.90 Å². The van der Waals surface area contributed by atoms with E-state index in [1.54, 1.807) is 25.3 Å². The number of nitrogens with zero attached hydrogens (tertiary/aromatic N) is 1. The van der Waals surface area contributed by atoms with Crippen molar-refractivity contribution in [3.05, 3.63) is 28.8 Å². The summed E-state index contributed by atoms with van der Waals surface area (Å²) in [5, 5.41) is 9.49. The Bertz CT molecular complexity index is 517. The van der Waals surface area contributed by atoms with Gasteiger partial charge in [-0.25, -0.2) is 0 Å². The number of carbonyl (C=O) groups is 2. The average molecular weight is 284 g/mol. The molecule has 0 aromatic heterocycles. The van der Waals surface area contributed by atoms with E-state index in [-0.39, 0.29) is 18.9 Å². The predicted octanol–water partition coefficient (Wildman–Crippen LogP) is 1.78. The van der Waals surface area contributed by atoms with Crippen LogP contribution < -0.4 is 4.74 Å². The first-order valence-electron chi connectivity index (χ1n) is 5.84. The van der Waals surface area contributed by atoms with Crippen molar-refractivity contribution in [3.8, 4) is 5.75 Å². The summed E-state index contributed by atoms with van der Waals surface area (Å²) in [6.45, 7) is 0.538. The first-order valence-corrected chi connectivity index (χ1v) is 6.22. The molecule has 0 aliphatic carbocycles. The van der Waals surface area contributed by atoms with E-state index in [0.29, 0.717) is 17.3 Å². The molecule has 1 heterocycles. The largest absolute Gasteiger partial charge is 0.496 e. The maximum Gasteiger partial charge on any atom is 0.308 e. The Morgan fingerprint density at radius 2 is 2.32 bits per heavy atom. The van der Waals surface area contributed by atoms with Crippen molar-refractivity contribution < 1.29 is 19.4 Å². The molecule has 1 amide bonds. The average Bonchev–Trinajstić information content (AvgIpc) is 2.72. The number of ether oxygens (including phenoxy) is 1.